The third-order valence-electron chi connectivity index (χ3n) is 15.4. The first kappa shape index (κ1) is 64.3. The van der Waals surface area contributed by atoms with Gasteiger partial charge in [-0.1, -0.05) is 193 Å². The van der Waals surface area contributed by atoms with Gasteiger partial charge in [0.15, 0.2) is 25.2 Å². The van der Waals surface area contributed by atoms with Crippen molar-refractivity contribution in [3.8, 4) is 0 Å². The van der Waals surface area contributed by atoms with Gasteiger partial charge in [-0.15, -0.1) is 0 Å². The van der Waals surface area contributed by atoms with E-state index in [9.17, 15) is 10.2 Å². The zero-order chi connectivity index (χ0) is 57.5. The second-order valence-corrected chi connectivity index (χ2v) is 21.5. The van der Waals surface area contributed by atoms with Crippen LogP contribution < -0.4 is 5.73 Å². The molecule has 3 saturated heterocycles. The maximum atomic E-state index is 11.6. The van der Waals surface area contributed by atoms with Crippen LogP contribution in [0.25, 0.3) is 0 Å². The minimum Gasteiger partial charge on any atom is -0.373 e. The molecule has 81 heavy (non-hydrogen) atoms. The first-order chi connectivity index (χ1) is 39.4. The molecule has 19 unspecified atom stereocenters. The molecule has 0 radical (unpaired) electrons. The summed E-state index contributed by atoms with van der Waals surface area (Å²) in [5, 5.41) is 22.9. The Balaban J connectivity index is 0.975. The van der Waals surface area contributed by atoms with Crippen LogP contribution in [0.3, 0.4) is 0 Å². The fraction of sp³-hybridized carbons (Fsp3) is 0.561. The zero-order valence-electron chi connectivity index (χ0n) is 48.7. The van der Waals surface area contributed by atoms with Crippen molar-refractivity contribution in [1.82, 2.24) is 0 Å². The summed E-state index contributed by atoms with van der Waals surface area (Å²) in [7, 11) is 1.57. The highest BCUT2D eigenvalue weighted by Gasteiger charge is 2.50. The summed E-state index contributed by atoms with van der Waals surface area (Å²) in [6, 6.07) is 39.3. The summed E-state index contributed by atoms with van der Waals surface area (Å²) >= 11 is 0. The Labute approximate surface area is 482 Å². The molecule has 0 aliphatic carbocycles. The first-order valence-corrected chi connectivity index (χ1v) is 29.5. The number of hydrogen-bond donors (Lipinski definition) is 3. The molecule has 0 bridgehead atoms. The lowest BCUT2D eigenvalue weighted by atomic mass is 9.90. The van der Waals surface area contributed by atoms with E-state index < -0.39 is 86.1 Å². The van der Waals surface area contributed by atoms with Gasteiger partial charge in [-0.3, -0.25) is 0 Å². The number of aliphatic hydroxyl groups is 2. The normalized spacial score (nSPS) is 30.6. The SMILES string of the molecule is [CH2-]C1C(OC2C(CC)OC(OC)C(N)C2OCc2ccccc2)OC(C)C(OC(O)C=CC(CCCC)OC(O)CC=CC(CC)OC2OC(CC)C(OCc3ccccc3)C(OCc3ccccc3)C2C)C1OCc1ccccc1. The van der Waals surface area contributed by atoms with Crippen molar-refractivity contribution in [2.75, 3.05) is 7.11 Å². The van der Waals surface area contributed by atoms with Gasteiger partial charge in [0.25, 0.3) is 0 Å². The second-order valence-electron chi connectivity index (χ2n) is 21.5. The van der Waals surface area contributed by atoms with Crippen LogP contribution in [0.1, 0.15) is 109 Å². The molecule has 446 valence electrons. The minimum absolute atomic E-state index is 0.161. The number of rotatable bonds is 32. The Bertz CT molecular complexity index is 2370. The van der Waals surface area contributed by atoms with Crippen LogP contribution in [0.5, 0.6) is 0 Å². The Morgan fingerprint density at radius 1 is 0.568 bits per heavy atom. The molecule has 0 saturated carbocycles. The van der Waals surface area contributed by atoms with E-state index in [2.05, 4.69) is 58.9 Å². The van der Waals surface area contributed by atoms with E-state index in [4.69, 9.17) is 62.6 Å². The topological polar surface area (TPSA) is 177 Å². The number of aliphatic hydroxyl groups excluding tert-OH is 2. The number of ether oxygens (including phenoxy) is 12. The Morgan fingerprint density at radius 3 is 1.59 bits per heavy atom. The molecular weight excluding hydrogens is 1030 g/mol. The minimum atomic E-state index is -1.39. The van der Waals surface area contributed by atoms with Crippen LogP contribution in [0.2, 0.25) is 0 Å². The van der Waals surface area contributed by atoms with Gasteiger partial charge in [0.05, 0.1) is 75.2 Å². The van der Waals surface area contributed by atoms with Gasteiger partial charge in [-0.25, -0.2) is 0 Å². The predicted octanol–water partition coefficient (Wildman–Crippen LogP) is 10.7. The van der Waals surface area contributed by atoms with Crippen molar-refractivity contribution in [1.29, 1.82) is 0 Å². The Morgan fingerprint density at radius 2 is 1.07 bits per heavy atom. The molecule has 15 nitrogen and oxygen atoms in total. The fourth-order valence-electron chi connectivity index (χ4n) is 10.7. The molecular formula is C66H92NO14-. The van der Waals surface area contributed by atoms with E-state index >= 15 is 0 Å². The Hall–Kier alpha value is -4.24. The summed E-state index contributed by atoms with van der Waals surface area (Å²) < 4.78 is 78.0. The molecule has 15 heteroatoms. The highest BCUT2D eigenvalue weighted by molar-refractivity contribution is 5.17. The van der Waals surface area contributed by atoms with Gasteiger partial charge in [0, 0.05) is 19.4 Å². The summed E-state index contributed by atoms with van der Waals surface area (Å²) in [6.07, 6.45) is 1.49. The average Bonchev–Trinajstić information content (AvgIpc) is 3.49. The quantitative estimate of drug-likeness (QED) is 0.0239. The van der Waals surface area contributed by atoms with Gasteiger partial charge in [0.2, 0.25) is 0 Å². The van der Waals surface area contributed by atoms with E-state index in [1.165, 1.54) is 0 Å². The summed E-state index contributed by atoms with van der Waals surface area (Å²) in [4.78, 5) is 0. The van der Waals surface area contributed by atoms with E-state index in [0.29, 0.717) is 45.5 Å². The monoisotopic (exact) mass is 1120 g/mol. The molecule has 4 aromatic rings. The molecule has 0 aromatic heterocycles. The van der Waals surface area contributed by atoms with Crippen LogP contribution in [0.15, 0.2) is 146 Å². The molecule has 0 spiro atoms. The van der Waals surface area contributed by atoms with E-state index in [0.717, 1.165) is 35.1 Å². The molecule has 3 heterocycles. The summed E-state index contributed by atoms with van der Waals surface area (Å²) in [6.45, 7) is 18.2. The molecule has 4 aromatic carbocycles. The molecule has 3 fully saturated rings. The highest BCUT2D eigenvalue weighted by Crippen LogP contribution is 2.38. The first-order valence-electron chi connectivity index (χ1n) is 29.5. The van der Waals surface area contributed by atoms with Crippen molar-refractivity contribution in [2.45, 2.75) is 218 Å². The summed E-state index contributed by atoms with van der Waals surface area (Å²) in [5.74, 6) is -0.803. The van der Waals surface area contributed by atoms with E-state index in [1.807, 2.05) is 123 Å². The van der Waals surface area contributed by atoms with Crippen LogP contribution in [0.4, 0.5) is 0 Å². The third kappa shape index (κ3) is 19.1. The third-order valence-corrected chi connectivity index (χ3v) is 15.4. The summed E-state index contributed by atoms with van der Waals surface area (Å²) in [5.41, 5.74) is 10.9. The molecule has 4 N–H and O–H groups in total. The van der Waals surface area contributed by atoms with Crippen LogP contribution in [0, 0.1) is 18.8 Å². The molecule has 0 amide bonds. The fourth-order valence-corrected chi connectivity index (χ4v) is 10.7. The molecule has 7 rings (SSSR count). The van der Waals surface area contributed by atoms with Gasteiger partial charge in [-0.2, -0.15) is 0 Å². The van der Waals surface area contributed by atoms with Crippen molar-refractivity contribution in [3.63, 3.8) is 0 Å². The smallest absolute Gasteiger partial charge is 0.175 e. The lowest BCUT2D eigenvalue weighted by Crippen LogP contribution is -2.65. The van der Waals surface area contributed by atoms with E-state index in [-0.39, 0.29) is 43.4 Å². The average molecular weight is 1120 g/mol. The van der Waals surface area contributed by atoms with Crippen LogP contribution >= 0.6 is 0 Å². The predicted molar refractivity (Wildman–Crippen MR) is 310 cm³/mol. The largest absolute Gasteiger partial charge is 0.373 e. The lowest BCUT2D eigenvalue weighted by molar-refractivity contribution is -0.342. The van der Waals surface area contributed by atoms with Gasteiger partial charge in [-0.05, 0) is 60.9 Å². The standard InChI is InChI=1S/C66H92NO14/c1-9-13-35-52(76-55(68)37-26-36-51(10-2)77-65-45(6)59(72-41-48-29-20-15-21-30-48)61(53(11-3)78-65)73-42-49-31-22-16-23-32-49)38-39-56(69)80-60-46(7)75-64(44(5)58(60)71-40-47-27-18-14-19-28-47)81-62-54(12-4)79-66(70-8)57(67)63(62)74-43-50-33-24-17-25-34-50/h14-34,36,38-39,44-46,51-66,68-69H,5,9-13,35,37,40-43,67H2,1-4,6-8H3/q-1. The highest BCUT2D eigenvalue weighted by atomic mass is 16.7. The number of benzene rings is 4. The van der Waals surface area contributed by atoms with Crippen LogP contribution in [-0.4, -0.2) is 122 Å². The molecule has 3 aliphatic heterocycles. The lowest BCUT2D eigenvalue weighted by Gasteiger charge is -2.51. The van der Waals surface area contributed by atoms with Crippen molar-refractivity contribution >= 4 is 0 Å². The number of hydrogen-bond acceptors (Lipinski definition) is 15. The van der Waals surface area contributed by atoms with Gasteiger partial charge in [0.1, 0.15) is 30.7 Å². The number of methoxy groups -OCH3 is 1. The van der Waals surface area contributed by atoms with Crippen molar-refractivity contribution in [3.05, 3.63) is 175 Å². The van der Waals surface area contributed by atoms with Gasteiger partial charge < -0.3 is 79.7 Å². The maximum Gasteiger partial charge on any atom is 0.175 e. The molecule has 19 atom stereocenters. The van der Waals surface area contributed by atoms with Crippen LogP contribution in [-0.2, 0) is 83.3 Å². The van der Waals surface area contributed by atoms with Crippen molar-refractivity contribution in [2.24, 2.45) is 17.6 Å². The molecule has 3 aliphatic rings. The number of nitrogens with two attached hydrogens (primary N) is 1. The van der Waals surface area contributed by atoms with Crippen molar-refractivity contribution < 1.29 is 67.1 Å². The number of unbranched alkanes of at least 4 members (excludes halogenated alkanes) is 1. The zero-order valence-corrected chi connectivity index (χ0v) is 48.7. The second kappa shape index (κ2) is 33.9. The maximum absolute atomic E-state index is 11.6. The van der Waals surface area contributed by atoms with Gasteiger partial charge >= 0.3 is 0 Å². The van der Waals surface area contributed by atoms with E-state index in [1.54, 1.807) is 19.3 Å². The Kier molecular flexibility index (Phi) is 26.9.